The molecule has 1 saturated carbocycles. The van der Waals surface area contributed by atoms with Gasteiger partial charge in [-0.15, -0.1) is 0 Å². The maximum atomic E-state index is 12.1. The molecule has 1 heterocycles. The summed E-state index contributed by atoms with van der Waals surface area (Å²) in [4.78, 5) is 12.1. The smallest absolute Gasteiger partial charge is 0.136 e. The summed E-state index contributed by atoms with van der Waals surface area (Å²) in [5.41, 5.74) is 2.78. The number of aryl methyl sites for hydroxylation is 1. The van der Waals surface area contributed by atoms with Crippen LogP contribution >= 0.6 is 11.3 Å². The molecule has 2 atom stereocenters. The molecule has 0 spiro atoms. The number of benzene rings is 1. The first-order valence-corrected chi connectivity index (χ1v) is 8.36. The van der Waals surface area contributed by atoms with E-state index >= 15 is 0 Å². The summed E-state index contributed by atoms with van der Waals surface area (Å²) in [6, 6.07) is 12.9. The van der Waals surface area contributed by atoms with Crippen LogP contribution in [0.25, 0.3) is 0 Å². The molecule has 0 amide bonds. The van der Waals surface area contributed by atoms with Gasteiger partial charge in [-0.25, -0.2) is 0 Å². The highest BCUT2D eigenvalue weighted by atomic mass is 32.1. The molecular formula is C18H20OS. The van der Waals surface area contributed by atoms with E-state index in [9.17, 15) is 4.79 Å². The summed E-state index contributed by atoms with van der Waals surface area (Å²) in [6.45, 7) is 0. The maximum absolute atomic E-state index is 12.1. The predicted molar refractivity (Wildman–Crippen MR) is 84.2 cm³/mol. The molecule has 1 aliphatic rings. The highest BCUT2D eigenvalue weighted by Gasteiger charge is 2.29. The van der Waals surface area contributed by atoms with Crippen molar-refractivity contribution in [2.45, 2.75) is 38.0 Å². The first-order chi connectivity index (χ1) is 9.83. The van der Waals surface area contributed by atoms with Gasteiger partial charge in [0.1, 0.15) is 5.78 Å². The van der Waals surface area contributed by atoms with Gasteiger partial charge < -0.3 is 0 Å². The SMILES string of the molecule is O=C1CCC(c2ccccc2)CC1CCc1ccsc1. The zero-order chi connectivity index (χ0) is 13.8. The minimum Gasteiger partial charge on any atom is -0.299 e. The van der Waals surface area contributed by atoms with Crippen LogP contribution in [0.1, 0.15) is 42.7 Å². The largest absolute Gasteiger partial charge is 0.299 e. The van der Waals surface area contributed by atoms with Gasteiger partial charge in [0.15, 0.2) is 0 Å². The van der Waals surface area contributed by atoms with Gasteiger partial charge in [0.25, 0.3) is 0 Å². The molecule has 1 aliphatic carbocycles. The standard InChI is InChI=1S/C18H20OS/c19-18-9-8-16(15-4-2-1-3-5-15)12-17(18)7-6-14-10-11-20-13-14/h1-5,10-11,13,16-17H,6-9,12H2. The number of rotatable bonds is 4. The van der Waals surface area contributed by atoms with Crippen molar-refractivity contribution in [2.75, 3.05) is 0 Å². The number of Topliss-reactive ketones (excluding diaryl/α,β-unsaturated/α-hetero) is 1. The summed E-state index contributed by atoms with van der Waals surface area (Å²) in [7, 11) is 0. The topological polar surface area (TPSA) is 17.1 Å². The van der Waals surface area contributed by atoms with Crippen LogP contribution in [0, 0.1) is 5.92 Å². The van der Waals surface area contributed by atoms with Crippen LogP contribution in [0.2, 0.25) is 0 Å². The third kappa shape index (κ3) is 3.18. The zero-order valence-electron chi connectivity index (χ0n) is 11.6. The van der Waals surface area contributed by atoms with Crippen LogP contribution < -0.4 is 0 Å². The number of carbonyl (C=O) groups is 1. The first-order valence-electron chi connectivity index (χ1n) is 7.41. The average Bonchev–Trinajstić information content (AvgIpc) is 3.01. The summed E-state index contributed by atoms with van der Waals surface area (Å²) in [6.07, 6.45) is 4.87. The van der Waals surface area contributed by atoms with E-state index in [1.165, 1.54) is 11.1 Å². The summed E-state index contributed by atoms with van der Waals surface area (Å²) in [5.74, 6) is 1.31. The highest BCUT2D eigenvalue weighted by Crippen LogP contribution is 2.36. The van der Waals surface area contributed by atoms with Crippen molar-refractivity contribution in [3.63, 3.8) is 0 Å². The molecule has 3 rings (SSSR count). The Morgan fingerprint density at radius 1 is 1.15 bits per heavy atom. The predicted octanol–water partition coefficient (Wildman–Crippen LogP) is 4.83. The van der Waals surface area contributed by atoms with E-state index in [2.05, 4.69) is 47.2 Å². The Morgan fingerprint density at radius 3 is 2.75 bits per heavy atom. The summed E-state index contributed by atoms with van der Waals surface area (Å²) in [5, 5.41) is 4.31. The normalized spacial score (nSPS) is 22.9. The third-order valence-corrected chi connectivity index (χ3v) is 5.13. The minimum absolute atomic E-state index is 0.258. The second-order valence-electron chi connectivity index (χ2n) is 5.72. The Morgan fingerprint density at radius 2 is 2.00 bits per heavy atom. The molecule has 1 fully saturated rings. The van der Waals surface area contributed by atoms with Crippen LogP contribution in [0.3, 0.4) is 0 Å². The molecule has 2 unspecified atom stereocenters. The Kier molecular flexibility index (Phi) is 4.31. The molecule has 1 aromatic heterocycles. The highest BCUT2D eigenvalue weighted by molar-refractivity contribution is 7.07. The van der Waals surface area contributed by atoms with Crippen LogP contribution in [0.4, 0.5) is 0 Å². The van der Waals surface area contributed by atoms with E-state index in [0.29, 0.717) is 11.7 Å². The van der Waals surface area contributed by atoms with E-state index in [1.54, 1.807) is 11.3 Å². The average molecular weight is 284 g/mol. The van der Waals surface area contributed by atoms with Crippen LogP contribution in [0.15, 0.2) is 47.2 Å². The monoisotopic (exact) mass is 284 g/mol. The minimum atomic E-state index is 0.258. The molecule has 0 N–H and O–H groups in total. The molecule has 1 nitrogen and oxygen atoms in total. The van der Waals surface area contributed by atoms with Gasteiger partial charge >= 0.3 is 0 Å². The molecule has 1 aromatic carbocycles. The van der Waals surface area contributed by atoms with E-state index in [1.807, 2.05) is 0 Å². The Labute approximate surface area is 124 Å². The lowest BCUT2D eigenvalue weighted by Gasteiger charge is -2.28. The van der Waals surface area contributed by atoms with Gasteiger partial charge in [0.2, 0.25) is 0 Å². The Bertz CT molecular complexity index is 544. The second kappa shape index (κ2) is 6.36. The van der Waals surface area contributed by atoms with Crippen LogP contribution in [-0.2, 0) is 11.2 Å². The fraction of sp³-hybridized carbons (Fsp3) is 0.389. The van der Waals surface area contributed by atoms with E-state index < -0.39 is 0 Å². The lowest BCUT2D eigenvalue weighted by Crippen LogP contribution is -2.24. The van der Waals surface area contributed by atoms with Crippen molar-refractivity contribution in [1.29, 1.82) is 0 Å². The number of hydrogen-bond donors (Lipinski definition) is 0. The third-order valence-electron chi connectivity index (χ3n) is 4.40. The Balaban J connectivity index is 1.63. The fourth-order valence-electron chi connectivity index (χ4n) is 3.20. The van der Waals surface area contributed by atoms with Gasteiger partial charge in [0.05, 0.1) is 0 Å². The molecular weight excluding hydrogens is 264 g/mol. The number of ketones is 1. The lowest BCUT2D eigenvalue weighted by atomic mass is 9.75. The molecule has 104 valence electrons. The quantitative estimate of drug-likeness (QED) is 0.785. The first kappa shape index (κ1) is 13.6. The molecule has 2 heteroatoms. The van der Waals surface area contributed by atoms with E-state index in [0.717, 1.165) is 32.1 Å². The lowest BCUT2D eigenvalue weighted by molar-refractivity contribution is -0.125. The van der Waals surface area contributed by atoms with Crippen molar-refractivity contribution in [2.24, 2.45) is 5.92 Å². The van der Waals surface area contributed by atoms with Crippen molar-refractivity contribution < 1.29 is 4.79 Å². The van der Waals surface area contributed by atoms with Crippen LogP contribution in [-0.4, -0.2) is 5.78 Å². The fourth-order valence-corrected chi connectivity index (χ4v) is 3.90. The maximum Gasteiger partial charge on any atom is 0.136 e. The van der Waals surface area contributed by atoms with Gasteiger partial charge in [-0.05, 0) is 59.6 Å². The number of carbonyl (C=O) groups excluding carboxylic acids is 1. The van der Waals surface area contributed by atoms with Gasteiger partial charge in [-0.3, -0.25) is 4.79 Å². The Hall–Kier alpha value is -1.41. The van der Waals surface area contributed by atoms with Crippen molar-refractivity contribution in [1.82, 2.24) is 0 Å². The molecule has 0 radical (unpaired) electrons. The molecule has 20 heavy (non-hydrogen) atoms. The van der Waals surface area contributed by atoms with Crippen molar-refractivity contribution in [3.05, 3.63) is 58.3 Å². The second-order valence-corrected chi connectivity index (χ2v) is 6.50. The molecule has 0 aliphatic heterocycles. The molecule has 0 bridgehead atoms. The zero-order valence-corrected chi connectivity index (χ0v) is 12.4. The van der Waals surface area contributed by atoms with E-state index in [-0.39, 0.29) is 5.92 Å². The van der Waals surface area contributed by atoms with Gasteiger partial charge in [-0.1, -0.05) is 30.3 Å². The van der Waals surface area contributed by atoms with Crippen molar-refractivity contribution >= 4 is 17.1 Å². The summed E-state index contributed by atoms with van der Waals surface area (Å²) < 4.78 is 0. The molecule has 2 aromatic rings. The summed E-state index contributed by atoms with van der Waals surface area (Å²) >= 11 is 1.74. The van der Waals surface area contributed by atoms with Crippen LogP contribution in [0.5, 0.6) is 0 Å². The number of thiophene rings is 1. The molecule has 0 saturated heterocycles. The van der Waals surface area contributed by atoms with Gasteiger partial charge in [0, 0.05) is 12.3 Å². The van der Waals surface area contributed by atoms with Gasteiger partial charge in [-0.2, -0.15) is 11.3 Å². The van der Waals surface area contributed by atoms with Crippen molar-refractivity contribution in [3.8, 4) is 0 Å². The number of hydrogen-bond acceptors (Lipinski definition) is 2. The van der Waals surface area contributed by atoms with E-state index in [4.69, 9.17) is 0 Å².